The fourth-order valence-electron chi connectivity index (χ4n) is 4.98. The van der Waals surface area contributed by atoms with Crippen molar-refractivity contribution in [3.8, 4) is 5.75 Å². The number of ether oxygens (including phenoxy) is 2. The van der Waals surface area contributed by atoms with Crippen molar-refractivity contribution < 1.29 is 19.1 Å². The Kier molecular flexibility index (Phi) is 8.51. The predicted octanol–water partition coefficient (Wildman–Crippen LogP) is 5.20. The Morgan fingerprint density at radius 3 is 2.45 bits per heavy atom. The maximum Gasteiger partial charge on any atom is 0.411 e. The smallest absolute Gasteiger partial charge is 0.411 e. The van der Waals surface area contributed by atoms with Gasteiger partial charge in [-0.3, -0.25) is 15.0 Å². The van der Waals surface area contributed by atoms with Gasteiger partial charge >= 0.3 is 6.09 Å². The highest BCUT2D eigenvalue weighted by Crippen LogP contribution is 2.25. The number of amides is 2. The summed E-state index contributed by atoms with van der Waals surface area (Å²) in [4.78, 5) is 29.9. The van der Waals surface area contributed by atoms with E-state index in [4.69, 9.17) is 9.47 Å². The van der Waals surface area contributed by atoms with Crippen LogP contribution in [0.25, 0.3) is 10.9 Å². The molecular weight excluding hydrogens is 506 g/mol. The maximum atomic E-state index is 13.0. The van der Waals surface area contributed by atoms with Crippen molar-refractivity contribution in [3.05, 3.63) is 84.6 Å². The fourth-order valence-corrected chi connectivity index (χ4v) is 4.98. The molecule has 9 heteroatoms. The number of fused-ring (bicyclic) bond motifs is 1. The third-order valence-corrected chi connectivity index (χ3v) is 7.09. The minimum atomic E-state index is -0.493. The normalized spacial score (nSPS) is 13.7. The summed E-state index contributed by atoms with van der Waals surface area (Å²) in [5, 5.41) is 6.85. The van der Waals surface area contributed by atoms with Crippen LogP contribution in [-0.2, 0) is 11.8 Å². The van der Waals surface area contributed by atoms with Gasteiger partial charge in [0, 0.05) is 62.0 Å². The van der Waals surface area contributed by atoms with Gasteiger partial charge in [0.15, 0.2) is 0 Å². The Hall–Kier alpha value is -4.50. The van der Waals surface area contributed by atoms with Crippen molar-refractivity contribution in [2.45, 2.75) is 6.92 Å². The van der Waals surface area contributed by atoms with Crippen molar-refractivity contribution >= 4 is 40.0 Å². The summed E-state index contributed by atoms with van der Waals surface area (Å²) in [7, 11) is 1.91. The van der Waals surface area contributed by atoms with Crippen molar-refractivity contribution in [1.82, 2.24) is 9.47 Å². The predicted molar refractivity (Wildman–Crippen MR) is 159 cm³/mol. The molecule has 1 aromatic heterocycles. The van der Waals surface area contributed by atoms with Gasteiger partial charge in [0.1, 0.15) is 18.1 Å². The van der Waals surface area contributed by atoms with Gasteiger partial charge in [0.25, 0.3) is 5.91 Å². The quantitative estimate of drug-likeness (QED) is 0.303. The SMILES string of the molecule is CCOc1ccccc1NC(=O)OCCN1CCN(c2cccc(NC(=O)c3cc4ccccc4n3C)c2)CC1. The van der Waals surface area contributed by atoms with E-state index in [-0.39, 0.29) is 5.91 Å². The average molecular weight is 542 g/mol. The Morgan fingerprint density at radius 2 is 1.65 bits per heavy atom. The second-order valence-corrected chi connectivity index (χ2v) is 9.67. The van der Waals surface area contributed by atoms with Crippen LogP contribution in [0.1, 0.15) is 17.4 Å². The summed E-state index contributed by atoms with van der Waals surface area (Å²) in [6.07, 6.45) is -0.493. The third-order valence-electron chi connectivity index (χ3n) is 7.09. The molecular formula is C31H35N5O4. The highest BCUT2D eigenvalue weighted by Gasteiger charge is 2.19. The van der Waals surface area contributed by atoms with E-state index < -0.39 is 6.09 Å². The van der Waals surface area contributed by atoms with Gasteiger partial charge in [-0.1, -0.05) is 36.4 Å². The van der Waals surface area contributed by atoms with Gasteiger partial charge in [0.2, 0.25) is 0 Å². The van der Waals surface area contributed by atoms with Crippen LogP contribution < -0.4 is 20.3 Å². The van der Waals surface area contributed by atoms with Crippen LogP contribution in [0.3, 0.4) is 0 Å². The molecule has 0 radical (unpaired) electrons. The van der Waals surface area contributed by atoms with Gasteiger partial charge in [-0.15, -0.1) is 0 Å². The van der Waals surface area contributed by atoms with Crippen LogP contribution in [-0.4, -0.2) is 67.4 Å². The number of carbonyl (C=O) groups excluding carboxylic acids is 2. The number of hydrogen-bond donors (Lipinski definition) is 2. The van der Waals surface area contributed by atoms with Crippen molar-refractivity contribution in [2.75, 3.05) is 61.5 Å². The van der Waals surface area contributed by atoms with Gasteiger partial charge in [-0.2, -0.15) is 0 Å². The van der Waals surface area contributed by atoms with Gasteiger partial charge < -0.3 is 24.3 Å². The largest absolute Gasteiger partial charge is 0.492 e. The lowest BCUT2D eigenvalue weighted by molar-refractivity contribution is 0.101. The number of nitrogens with one attached hydrogen (secondary N) is 2. The van der Waals surface area contributed by atoms with Crippen LogP contribution in [0.15, 0.2) is 78.9 Å². The monoisotopic (exact) mass is 541 g/mol. The summed E-state index contributed by atoms with van der Waals surface area (Å²) in [6.45, 7) is 6.77. The lowest BCUT2D eigenvalue weighted by Gasteiger charge is -2.36. The number of aryl methyl sites for hydroxylation is 1. The van der Waals surface area contributed by atoms with Crippen molar-refractivity contribution in [3.63, 3.8) is 0 Å². The van der Waals surface area contributed by atoms with Gasteiger partial charge in [-0.05, 0) is 49.4 Å². The summed E-state index contributed by atoms with van der Waals surface area (Å²) < 4.78 is 12.9. The van der Waals surface area contributed by atoms with Gasteiger partial charge in [0.05, 0.1) is 12.3 Å². The minimum Gasteiger partial charge on any atom is -0.492 e. The van der Waals surface area contributed by atoms with E-state index >= 15 is 0 Å². The lowest BCUT2D eigenvalue weighted by atomic mass is 10.2. The first-order valence-electron chi connectivity index (χ1n) is 13.6. The van der Waals surface area contributed by atoms with Crippen LogP contribution in [0.2, 0.25) is 0 Å². The Bertz CT molecular complexity index is 1480. The molecule has 2 heterocycles. The van der Waals surface area contributed by atoms with Crippen LogP contribution in [0, 0.1) is 0 Å². The summed E-state index contributed by atoms with van der Waals surface area (Å²) >= 11 is 0. The molecule has 1 aliphatic rings. The number of carbonyl (C=O) groups is 2. The third kappa shape index (κ3) is 6.38. The molecule has 9 nitrogen and oxygen atoms in total. The molecule has 0 aliphatic carbocycles. The number of rotatable bonds is 9. The zero-order valence-corrected chi connectivity index (χ0v) is 22.9. The first kappa shape index (κ1) is 27.1. The highest BCUT2D eigenvalue weighted by atomic mass is 16.5. The Balaban J connectivity index is 1.09. The number of nitrogens with zero attached hydrogens (tertiary/aromatic N) is 3. The molecule has 1 saturated heterocycles. The molecule has 2 N–H and O–H groups in total. The minimum absolute atomic E-state index is 0.133. The number of piperazine rings is 1. The number of benzene rings is 3. The van der Waals surface area contributed by atoms with Crippen LogP contribution in [0.5, 0.6) is 5.75 Å². The van der Waals surface area contributed by atoms with E-state index in [1.54, 1.807) is 6.07 Å². The van der Waals surface area contributed by atoms with Crippen LogP contribution >= 0.6 is 0 Å². The molecule has 1 aliphatic heterocycles. The lowest BCUT2D eigenvalue weighted by Crippen LogP contribution is -2.47. The molecule has 0 atom stereocenters. The first-order chi connectivity index (χ1) is 19.5. The Morgan fingerprint density at radius 1 is 0.875 bits per heavy atom. The van der Waals surface area contributed by atoms with Crippen molar-refractivity contribution in [1.29, 1.82) is 0 Å². The molecule has 5 rings (SSSR count). The highest BCUT2D eigenvalue weighted by molar-refractivity contribution is 6.06. The second kappa shape index (κ2) is 12.6. The van der Waals surface area contributed by atoms with E-state index in [0.29, 0.717) is 36.9 Å². The average Bonchev–Trinajstić information content (AvgIpc) is 3.31. The molecule has 2 amide bonds. The number of hydrogen-bond acceptors (Lipinski definition) is 6. The standard InChI is InChI=1S/C31H35N5O4/c1-3-39-29-14-7-5-12-26(29)33-31(38)40-20-19-35-15-17-36(18-16-35)25-11-8-10-24(22-25)32-30(37)28-21-23-9-4-6-13-27(23)34(28)2/h4-14,21-22H,3,15-20H2,1-2H3,(H,32,37)(H,33,38). The summed E-state index contributed by atoms with van der Waals surface area (Å²) in [5.74, 6) is 0.487. The fraction of sp³-hybridized carbons (Fsp3) is 0.290. The topological polar surface area (TPSA) is 88.1 Å². The molecule has 208 valence electrons. The van der Waals surface area contributed by atoms with Crippen LogP contribution in [0.4, 0.5) is 21.9 Å². The summed E-state index contributed by atoms with van der Waals surface area (Å²) in [6, 6.07) is 25.1. The molecule has 4 aromatic rings. The number of para-hydroxylation sites is 3. The molecule has 0 spiro atoms. The Labute approximate surface area is 234 Å². The maximum absolute atomic E-state index is 13.0. The first-order valence-corrected chi connectivity index (χ1v) is 13.6. The molecule has 0 unspecified atom stereocenters. The molecule has 3 aromatic carbocycles. The zero-order valence-electron chi connectivity index (χ0n) is 22.9. The molecule has 40 heavy (non-hydrogen) atoms. The van der Waals surface area contributed by atoms with E-state index in [2.05, 4.69) is 26.5 Å². The molecule has 0 saturated carbocycles. The molecule has 0 bridgehead atoms. The van der Waals surface area contributed by atoms with E-state index in [0.717, 1.165) is 48.5 Å². The molecule has 1 fully saturated rings. The van der Waals surface area contributed by atoms with E-state index in [1.807, 2.05) is 85.3 Å². The second-order valence-electron chi connectivity index (χ2n) is 9.67. The van der Waals surface area contributed by atoms with Crippen molar-refractivity contribution in [2.24, 2.45) is 7.05 Å². The van der Waals surface area contributed by atoms with E-state index in [1.165, 1.54) is 0 Å². The number of anilines is 3. The van der Waals surface area contributed by atoms with Gasteiger partial charge in [-0.25, -0.2) is 4.79 Å². The zero-order chi connectivity index (χ0) is 27.9. The summed E-state index contributed by atoms with van der Waals surface area (Å²) in [5.41, 5.74) is 4.07. The van der Waals surface area contributed by atoms with E-state index in [9.17, 15) is 9.59 Å². The number of aromatic nitrogens is 1.